The molecular weight excluding hydrogens is 296 g/mol. The molecular formula is C16H18N4O3. The summed E-state index contributed by atoms with van der Waals surface area (Å²) in [5.41, 5.74) is 2.22. The van der Waals surface area contributed by atoms with Crippen LogP contribution in [0.1, 0.15) is 25.5 Å². The van der Waals surface area contributed by atoms with Crippen molar-refractivity contribution in [2.24, 2.45) is 0 Å². The molecule has 1 aliphatic rings. The standard InChI is InChI=1S/C16H18N4O3/c1-9-14(10(2)21)15(20-16(19-9)17-8-18-20)12-6-5-11(22-3)7-13(12)23-4/h5-8,15H,1-4H3,(H,17,18,19)/t15-/m1/s1. The zero-order chi connectivity index (χ0) is 16.6. The molecule has 2 aromatic rings. The second-order valence-corrected chi connectivity index (χ2v) is 5.26. The van der Waals surface area contributed by atoms with E-state index >= 15 is 0 Å². The van der Waals surface area contributed by atoms with E-state index in [1.165, 1.54) is 6.33 Å². The molecule has 0 saturated heterocycles. The number of hydrogen-bond acceptors (Lipinski definition) is 6. The molecule has 23 heavy (non-hydrogen) atoms. The third-order valence-electron chi connectivity index (χ3n) is 3.91. The minimum absolute atomic E-state index is 0.0287. The van der Waals surface area contributed by atoms with E-state index in [9.17, 15) is 4.79 Å². The molecule has 0 fully saturated rings. The molecule has 1 aliphatic heterocycles. The minimum Gasteiger partial charge on any atom is -0.497 e. The number of allylic oxidation sites excluding steroid dienone is 2. The smallest absolute Gasteiger partial charge is 0.226 e. The van der Waals surface area contributed by atoms with Gasteiger partial charge in [0, 0.05) is 22.9 Å². The maximum Gasteiger partial charge on any atom is 0.226 e. The lowest BCUT2D eigenvalue weighted by Crippen LogP contribution is -2.28. The maximum atomic E-state index is 12.2. The molecule has 0 bridgehead atoms. The van der Waals surface area contributed by atoms with Crippen molar-refractivity contribution in [3.8, 4) is 11.5 Å². The van der Waals surface area contributed by atoms with Crippen LogP contribution in [0.5, 0.6) is 11.5 Å². The first-order valence-corrected chi connectivity index (χ1v) is 7.17. The van der Waals surface area contributed by atoms with Gasteiger partial charge in [0.05, 0.1) is 14.2 Å². The molecule has 0 amide bonds. The normalized spacial score (nSPS) is 16.6. The summed E-state index contributed by atoms with van der Waals surface area (Å²) in [6.45, 7) is 3.41. The first-order valence-electron chi connectivity index (χ1n) is 7.17. The van der Waals surface area contributed by atoms with Crippen LogP contribution in [0.4, 0.5) is 5.95 Å². The molecule has 0 radical (unpaired) electrons. The lowest BCUT2D eigenvalue weighted by molar-refractivity contribution is -0.114. The van der Waals surface area contributed by atoms with E-state index in [0.717, 1.165) is 11.3 Å². The van der Waals surface area contributed by atoms with Gasteiger partial charge in [-0.1, -0.05) is 0 Å². The SMILES string of the molecule is COc1ccc([C@@H]2C(C(C)=O)=C(C)Nc3ncnn32)c(OC)c1. The van der Waals surface area contributed by atoms with Crippen molar-refractivity contribution in [1.82, 2.24) is 14.8 Å². The second-order valence-electron chi connectivity index (χ2n) is 5.26. The highest BCUT2D eigenvalue weighted by Gasteiger charge is 2.33. The Kier molecular flexibility index (Phi) is 3.77. The quantitative estimate of drug-likeness (QED) is 0.932. The number of ketones is 1. The van der Waals surface area contributed by atoms with Crippen LogP contribution in [0.2, 0.25) is 0 Å². The van der Waals surface area contributed by atoms with Crippen LogP contribution in [-0.4, -0.2) is 34.8 Å². The fourth-order valence-corrected chi connectivity index (χ4v) is 2.88. The fourth-order valence-electron chi connectivity index (χ4n) is 2.88. The Hall–Kier alpha value is -2.83. The summed E-state index contributed by atoms with van der Waals surface area (Å²) in [7, 11) is 3.19. The van der Waals surface area contributed by atoms with Crippen LogP contribution in [0, 0.1) is 0 Å². The molecule has 1 atom stereocenters. The van der Waals surface area contributed by atoms with Gasteiger partial charge in [-0.25, -0.2) is 4.68 Å². The van der Waals surface area contributed by atoms with E-state index in [-0.39, 0.29) is 5.78 Å². The molecule has 2 heterocycles. The van der Waals surface area contributed by atoms with Gasteiger partial charge in [0.1, 0.15) is 23.9 Å². The minimum atomic E-state index is -0.396. The number of anilines is 1. The van der Waals surface area contributed by atoms with E-state index < -0.39 is 6.04 Å². The number of fused-ring (bicyclic) bond motifs is 1. The van der Waals surface area contributed by atoms with E-state index in [1.807, 2.05) is 19.1 Å². The van der Waals surface area contributed by atoms with Crippen LogP contribution in [-0.2, 0) is 4.79 Å². The number of ether oxygens (including phenoxy) is 2. The molecule has 0 unspecified atom stereocenters. The molecule has 1 N–H and O–H groups in total. The predicted molar refractivity (Wildman–Crippen MR) is 84.7 cm³/mol. The molecule has 1 aromatic carbocycles. The summed E-state index contributed by atoms with van der Waals surface area (Å²) in [5.74, 6) is 1.88. The molecule has 1 aromatic heterocycles. The highest BCUT2D eigenvalue weighted by molar-refractivity contribution is 5.96. The van der Waals surface area contributed by atoms with E-state index in [4.69, 9.17) is 9.47 Å². The number of hydrogen-bond donors (Lipinski definition) is 1. The van der Waals surface area contributed by atoms with Crippen LogP contribution in [0.25, 0.3) is 0 Å². The number of aromatic nitrogens is 3. The summed E-state index contributed by atoms with van der Waals surface area (Å²) < 4.78 is 12.4. The highest BCUT2D eigenvalue weighted by atomic mass is 16.5. The van der Waals surface area contributed by atoms with E-state index in [2.05, 4.69) is 15.4 Å². The fraction of sp³-hybridized carbons (Fsp3) is 0.312. The average molecular weight is 314 g/mol. The molecule has 0 saturated carbocycles. The summed E-state index contributed by atoms with van der Waals surface area (Å²) in [4.78, 5) is 16.4. The summed E-state index contributed by atoms with van der Waals surface area (Å²) in [6, 6.07) is 5.12. The van der Waals surface area contributed by atoms with Crippen LogP contribution in [0.3, 0.4) is 0 Å². The molecule has 120 valence electrons. The van der Waals surface area contributed by atoms with Crippen molar-refractivity contribution in [3.05, 3.63) is 41.4 Å². The molecule has 7 heteroatoms. The van der Waals surface area contributed by atoms with Crippen LogP contribution >= 0.6 is 0 Å². The van der Waals surface area contributed by atoms with Gasteiger partial charge < -0.3 is 14.8 Å². The van der Waals surface area contributed by atoms with Crippen molar-refractivity contribution in [2.75, 3.05) is 19.5 Å². The zero-order valence-electron chi connectivity index (χ0n) is 13.5. The Morgan fingerprint density at radius 2 is 2.09 bits per heavy atom. The number of carbonyl (C=O) groups excluding carboxylic acids is 1. The molecule has 7 nitrogen and oxygen atoms in total. The number of Topliss-reactive ketones (excluding diaryl/α,β-unsaturated/α-hetero) is 1. The van der Waals surface area contributed by atoms with Gasteiger partial charge >= 0.3 is 0 Å². The predicted octanol–water partition coefficient (Wildman–Crippen LogP) is 2.17. The van der Waals surface area contributed by atoms with E-state index in [1.54, 1.807) is 31.9 Å². The van der Waals surface area contributed by atoms with E-state index in [0.29, 0.717) is 23.0 Å². The topological polar surface area (TPSA) is 78.3 Å². The molecule has 0 spiro atoms. The Labute approximate surface area is 133 Å². The van der Waals surface area contributed by atoms with Gasteiger partial charge in [0.2, 0.25) is 5.95 Å². The number of carbonyl (C=O) groups is 1. The highest BCUT2D eigenvalue weighted by Crippen LogP contribution is 2.40. The van der Waals surface area contributed by atoms with Crippen molar-refractivity contribution in [3.63, 3.8) is 0 Å². The monoisotopic (exact) mass is 314 g/mol. The van der Waals surface area contributed by atoms with Crippen LogP contribution in [0.15, 0.2) is 35.8 Å². The largest absolute Gasteiger partial charge is 0.497 e. The Morgan fingerprint density at radius 1 is 1.30 bits per heavy atom. The van der Waals surface area contributed by atoms with Gasteiger partial charge in [-0.3, -0.25) is 4.79 Å². The summed E-state index contributed by atoms with van der Waals surface area (Å²) in [5, 5.41) is 7.38. The summed E-state index contributed by atoms with van der Waals surface area (Å²) in [6.07, 6.45) is 1.46. The number of rotatable bonds is 4. The Bertz CT molecular complexity index is 794. The Balaban J connectivity index is 2.22. The van der Waals surface area contributed by atoms with Crippen molar-refractivity contribution in [2.45, 2.75) is 19.9 Å². The molecule has 0 aliphatic carbocycles. The molecule has 3 rings (SSSR count). The number of nitrogens with zero attached hydrogens (tertiary/aromatic N) is 3. The van der Waals surface area contributed by atoms with Crippen molar-refractivity contribution in [1.29, 1.82) is 0 Å². The van der Waals surface area contributed by atoms with Gasteiger partial charge in [0.25, 0.3) is 0 Å². The van der Waals surface area contributed by atoms with Gasteiger partial charge in [0.15, 0.2) is 5.78 Å². The lowest BCUT2D eigenvalue weighted by Gasteiger charge is -2.29. The van der Waals surface area contributed by atoms with Crippen LogP contribution < -0.4 is 14.8 Å². The zero-order valence-corrected chi connectivity index (χ0v) is 13.5. The average Bonchev–Trinajstić information content (AvgIpc) is 3.00. The third-order valence-corrected chi connectivity index (χ3v) is 3.91. The Morgan fingerprint density at radius 3 is 2.74 bits per heavy atom. The van der Waals surface area contributed by atoms with Gasteiger partial charge in [-0.05, 0) is 26.0 Å². The second kappa shape index (κ2) is 5.75. The number of nitrogens with one attached hydrogen (secondary N) is 1. The third kappa shape index (κ3) is 2.44. The number of methoxy groups -OCH3 is 2. The number of benzene rings is 1. The van der Waals surface area contributed by atoms with Gasteiger partial charge in [-0.2, -0.15) is 10.1 Å². The lowest BCUT2D eigenvalue weighted by atomic mass is 9.92. The van der Waals surface area contributed by atoms with Gasteiger partial charge in [-0.15, -0.1) is 0 Å². The first kappa shape index (κ1) is 15.1. The van der Waals surface area contributed by atoms with Crippen molar-refractivity contribution < 1.29 is 14.3 Å². The summed E-state index contributed by atoms with van der Waals surface area (Å²) >= 11 is 0. The first-order chi connectivity index (χ1) is 11.1. The van der Waals surface area contributed by atoms with Crippen molar-refractivity contribution >= 4 is 11.7 Å². The maximum absolute atomic E-state index is 12.2.